The summed E-state index contributed by atoms with van der Waals surface area (Å²) in [5.74, 6) is 0.674. The van der Waals surface area contributed by atoms with Crippen molar-refractivity contribution in [1.29, 1.82) is 0 Å². The van der Waals surface area contributed by atoms with Crippen molar-refractivity contribution in [2.75, 3.05) is 0 Å². The van der Waals surface area contributed by atoms with Gasteiger partial charge >= 0.3 is 5.97 Å². The number of ether oxygens (including phenoxy) is 1. The summed E-state index contributed by atoms with van der Waals surface area (Å²) < 4.78 is 5.30. The highest BCUT2D eigenvalue weighted by molar-refractivity contribution is 5.74. The van der Waals surface area contributed by atoms with Crippen molar-refractivity contribution in [3.63, 3.8) is 0 Å². The molecule has 0 N–H and O–H groups in total. The molecule has 0 fully saturated rings. The Bertz CT molecular complexity index is 696. The molecule has 152 valence electrons. The molecule has 2 rings (SSSR count). The minimum atomic E-state index is -0.242. The Morgan fingerprint density at radius 2 is 1.54 bits per heavy atom. The number of hydrogen-bond acceptors (Lipinski definition) is 4. The first-order valence-corrected chi connectivity index (χ1v) is 10.8. The number of aromatic nitrogens is 2. The van der Waals surface area contributed by atoms with Crippen molar-refractivity contribution < 1.29 is 9.53 Å². The average Bonchev–Trinajstić information content (AvgIpc) is 2.73. The first kappa shape index (κ1) is 22.1. The Morgan fingerprint density at radius 1 is 0.929 bits per heavy atom. The molecule has 0 saturated carbocycles. The number of rotatable bonds is 12. The zero-order chi connectivity index (χ0) is 20.2. The summed E-state index contributed by atoms with van der Waals surface area (Å²) >= 11 is 0. The maximum atomic E-state index is 11.8. The largest absolute Gasteiger partial charge is 0.423 e. The minimum absolute atomic E-state index is 0.122. The quantitative estimate of drug-likeness (QED) is 0.315. The number of nitrogens with zero attached hydrogens (tertiary/aromatic N) is 2. The second kappa shape index (κ2) is 12.3. The first-order valence-electron chi connectivity index (χ1n) is 10.8. The van der Waals surface area contributed by atoms with Crippen molar-refractivity contribution >= 4 is 5.97 Å². The van der Waals surface area contributed by atoms with Crippen LogP contribution in [0.5, 0.6) is 5.75 Å². The zero-order valence-corrected chi connectivity index (χ0v) is 17.6. The highest BCUT2D eigenvalue weighted by Gasteiger charge is 2.13. The summed E-state index contributed by atoms with van der Waals surface area (Å²) in [7, 11) is 0. The van der Waals surface area contributed by atoms with E-state index in [1.165, 1.54) is 50.5 Å². The van der Waals surface area contributed by atoms with Crippen LogP contribution in [0.15, 0.2) is 36.7 Å². The van der Waals surface area contributed by atoms with Crippen LogP contribution in [0.25, 0.3) is 11.4 Å². The molecule has 0 aliphatic heterocycles. The number of benzene rings is 1. The molecule has 1 atom stereocenters. The maximum absolute atomic E-state index is 11.8. The Morgan fingerprint density at radius 3 is 2.14 bits per heavy atom. The van der Waals surface area contributed by atoms with E-state index in [1.807, 2.05) is 13.8 Å². The molecule has 4 nitrogen and oxygen atoms in total. The van der Waals surface area contributed by atoms with Crippen molar-refractivity contribution in [2.45, 2.75) is 78.6 Å². The fraction of sp³-hybridized carbons (Fsp3) is 0.542. The lowest BCUT2D eigenvalue weighted by molar-refractivity contribution is -0.138. The van der Waals surface area contributed by atoms with Crippen molar-refractivity contribution in [1.82, 2.24) is 9.97 Å². The highest BCUT2D eigenvalue weighted by Crippen LogP contribution is 2.19. The molecule has 0 bridgehead atoms. The predicted molar refractivity (Wildman–Crippen MR) is 114 cm³/mol. The van der Waals surface area contributed by atoms with E-state index in [4.69, 9.17) is 4.74 Å². The number of hydrogen-bond donors (Lipinski definition) is 0. The van der Waals surface area contributed by atoms with Crippen LogP contribution in [0.2, 0.25) is 0 Å². The van der Waals surface area contributed by atoms with E-state index in [9.17, 15) is 4.79 Å². The van der Waals surface area contributed by atoms with Crippen LogP contribution in [0.4, 0.5) is 0 Å². The summed E-state index contributed by atoms with van der Waals surface area (Å²) in [5.41, 5.74) is 2.33. The van der Waals surface area contributed by atoms with Crippen LogP contribution >= 0.6 is 0 Å². The molecule has 0 spiro atoms. The van der Waals surface area contributed by atoms with Gasteiger partial charge in [-0.3, -0.25) is 4.79 Å². The number of esters is 1. The molecular formula is C24H34N2O2. The third-order valence-corrected chi connectivity index (χ3v) is 5.14. The molecule has 1 unspecified atom stereocenters. The molecule has 0 radical (unpaired) electrons. The molecule has 0 saturated heterocycles. The van der Waals surface area contributed by atoms with E-state index >= 15 is 0 Å². The number of unbranched alkanes of at least 4 members (excludes halogenated alkanes) is 6. The monoisotopic (exact) mass is 382 g/mol. The predicted octanol–water partition coefficient (Wildman–Crippen LogP) is 6.39. The van der Waals surface area contributed by atoms with Gasteiger partial charge in [0, 0.05) is 5.56 Å². The lowest BCUT2D eigenvalue weighted by Gasteiger charge is -2.08. The highest BCUT2D eigenvalue weighted by atomic mass is 16.5. The van der Waals surface area contributed by atoms with E-state index in [2.05, 4.69) is 41.2 Å². The fourth-order valence-electron chi connectivity index (χ4n) is 3.01. The maximum Gasteiger partial charge on any atom is 0.314 e. The van der Waals surface area contributed by atoms with Crippen LogP contribution in [0.3, 0.4) is 0 Å². The lowest BCUT2D eigenvalue weighted by Crippen LogP contribution is -2.17. The van der Waals surface area contributed by atoms with Gasteiger partial charge in [-0.2, -0.15) is 0 Å². The average molecular weight is 383 g/mol. The standard InChI is InChI=1S/C24H34N2O2/c1-4-6-7-8-9-10-11-12-20-13-15-21(16-14-20)23-25-17-22(18-26-23)28-24(27)19(3)5-2/h13-19H,4-12H2,1-3H3. The van der Waals surface area contributed by atoms with Gasteiger partial charge in [0.25, 0.3) is 0 Å². The summed E-state index contributed by atoms with van der Waals surface area (Å²) in [6.07, 6.45) is 14.3. The van der Waals surface area contributed by atoms with Crippen molar-refractivity contribution in [3.05, 3.63) is 42.2 Å². The number of carbonyl (C=O) groups excluding carboxylic acids is 1. The smallest absolute Gasteiger partial charge is 0.314 e. The minimum Gasteiger partial charge on any atom is -0.423 e. The topological polar surface area (TPSA) is 52.1 Å². The van der Waals surface area contributed by atoms with Crippen LogP contribution in [-0.4, -0.2) is 15.9 Å². The molecule has 1 heterocycles. The normalized spacial score (nSPS) is 12.0. The Balaban J connectivity index is 1.80. The second-order valence-electron chi connectivity index (χ2n) is 7.54. The Labute approximate surface area is 169 Å². The number of aryl methyl sites for hydroxylation is 1. The van der Waals surface area contributed by atoms with Gasteiger partial charge in [0.2, 0.25) is 0 Å². The van der Waals surface area contributed by atoms with Gasteiger partial charge in [0.1, 0.15) is 0 Å². The summed E-state index contributed by atoms with van der Waals surface area (Å²) in [6.45, 7) is 6.07. The van der Waals surface area contributed by atoms with Gasteiger partial charge in [0.05, 0.1) is 18.3 Å². The second-order valence-corrected chi connectivity index (χ2v) is 7.54. The van der Waals surface area contributed by atoms with Gasteiger partial charge < -0.3 is 4.74 Å². The fourth-order valence-corrected chi connectivity index (χ4v) is 3.01. The van der Waals surface area contributed by atoms with Crippen LogP contribution in [0.1, 0.15) is 77.7 Å². The molecule has 1 aromatic heterocycles. The summed E-state index contributed by atoms with van der Waals surface area (Å²) in [6, 6.07) is 8.45. The summed E-state index contributed by atoms with van der Waals surface area (Å²) in [5, 5.41) is 0. The van der Waals surface area contributed by atoms with Gasteiger partial charge in [-0.05, 0) is 24.8 Å². The third-order valence-electron chi connectivity index (χ3n) is 5.14. The molecule has 2 aromatic rings. The first-order chi connectivity index (χ1) is 13.6. The van der Waals surface area contributed by atoms with E-state index in [0.29, 0.717) is 11.6 Å². The number of carbonyl (C=O) groups is 1. The van der Waals surface area contributed by atoms with Gasteiger partial charge in [0.15, 0.2) is 11.6 Å². The molecule has 0 aliphatic carbocycles. The third kappa shape index (κ3) is 7.41. The lowest BCUT2D eigenvalue weighted by atomic mass is 10.0. The molecule has 0 aliphatic rings. The van der Waals surface area contributed by atoms with E-state index in [0.717, 1.165) is 18.4 Å². The zero-order valence-electron chi connectivity index (χ0n) is 17.6. The SMILES string of the molecule is CCCCCCCCCc1ccc(-c2ncc(OC(=O)C(C)CC)cn2)cc1. The molecule has 28 heavy (non-hydrogen) atoms. The van der Waals surface area contributed by atoms with Crippen molar-refractivity contribution in [2.24, 2.45) is 5.92 Å². The Kier molecular flexibility index (Phi) is 9.67. The van der Waals surface area contributed by atoms with Gasteiger partial charge in [-0.15, -0.1) is 0 Å². The van der Waals surface area contributed by atoms with Crippen molar-refractivity contribution in [3.8, 4) is 17.1 Å². The van der Waals surface area contributed by atoms with Crippen LogP contribution in [0, 0.1) is 5.92 Å². The van der Waals surface area contributed by atoms with Gasteiger partial charge in [-0.1, -0.05) is 83.6 Å². The van der Waals surface area contributed by atoms with E-state index in [1.54, 1.807) is 12.4 Å². The molecule has 4 heteroatoms. The Hall–Kier alpha value is -2.23. The summed E-state index contributed by atoms with van der Waals surface area (Å²) in [4.78, 5) is 20.5. The van der Waals surface area contributed by atoms with E-state index in [-0.39, 0.29) is 11.9 Å². The molecule has 1 aromatic carbocycles. The van der Waals surface area contributed by atoms with Crippen LogP contribution < -0.4 is 4.74 Å². The molecule has 0 amide bonds. The molecular weight excluding hydrogens is 348 g/mol. The van der Waals surface area contributed by atoms with E-state index < -0.39 is 0 Å². The van der Waals surface area contributed by atoms with Gasteiger partial charge in [-0.25, -0.2) is 9.97 Å². The van der Waals surface area contributed by atoms with Crippen LogP contribution in [-0.2, 0) is 11.2 Å².